The van der Waals surface area contributed by atoms with Crippen LogP contribution in [-0.2, 0) is 19.3 Å². The van der Waals surface area contributed by atoms with Gasteiger partial charge in [-0.25, -0.2) is 0 Å². The van der Waals surface area contributed by atoms with Gasteiger partial charge in [0.1, 0.15) is 0 Å². The average Bonchev–Trinajstić information content (AvgIpc) is 3.35. The van der Waals surface area contributed by atoms with Crippen molar-refractivity contribution in [3.63, 3.8) is 0 Å². The summed E-state index contributed by atoms with van der Waals surface area (Å²) in [5.41, 5.74) is 6.65. The summed E-state index contributed by atoms with van der Waals surface area (Å²) < 4.78 is 0. The highest BCUT2D eigenvalue weighted by Gasteiger charge is 2.30. The van der Waals surface area contributed by atoms with Crippen LogP contribution in [0, 0.1) is 5.92 Å². The summed E-state index contributed by atoms with van der Waals surface area (Å²) in [5.74, 6) is 0.986. The quantitative estimate of drug-likeness (QED) is 0.487. The third-order valence-electron chi connectivity index (χ3n) is 8.80. The average molecular weight is 493 g/mol. The van der Waals surface area contributed by atoms with E-state index in [0.29, 0.717) is 11.5 Å². The maximum absolute atomic E-state index is 13.3. The zero-order valence-corrected chi connectivity index (χ0v) is 21.5. The molecule has 6 rings (SSSR count). The van der Waals surface area contributed by atoms with Crippen LogP contribution in [0.5, 0.6) is 0 Å². The van der Waals surface area contributed by atoms with Crippen LogP contribution in [0.15, 0.2) is 72.8 Å². The number of aryl methyl sites for hydroxylation is 1. The Morgan fingerprint density at radius 1 is 0.838 bits per heavy atom. The number of carbonyl (C=O) groups is 2. The second kappa shape index (κ2) is 10.6. The molecule has 4 nitrogen and oxygen atoms in total. The highest BCUT2D eigenvalue weighted by atomic mass is 16.1. The monoisotopic (exact) mass is 492 g/mol. The van der Waals surface area contributed by atoms with E-state index in [0.717, 1.165) is 62.9 Å². The molecule has 1 N–H and O–H groups in total. The lowest BCUT2D eigenvalue weighted by atomic mass is 9.80. The summed E-state index contributed by atoms with van der Waals surface area (Å²) >= 11 is 0. The molecule has 1 unspecified atom stereocenters. The largest absolute Gasteiger partial charge is 0.349 e. The number of benzene rings is 3. The molecule has 1 fully saturated rings. The number of rotatable bonds is 6. The first-order chi connectivity index (χ1) is 18.1. The topological polar surface area (TPSA) is 49.4 Å². The molecule has 0 saturated carbocycles. The molecule has 2 aliphatic carbocycles. The van der Waals surface area contributed by atoms with Crippen molar-refractivity contribution in [2.45, 2.75) is 56.9 Å². The fraction of sp³-hybridized carbons (Fsp3) is 0.394. The number of carbonyl (C=O) groups excluding carboxylic acids is 2. The van der Waals surface area contributed by atoms with Gasteiger partial charge < -0.3 is 10.2 Å². The van der Waals surface area contributed by atoms with Crippen LogP contribution >= 0.6 is 0 Å². The van der Waals surface area contributed by atoms with Crippen LogP contribution in [0.1, 0.15) is 74.6 Å². The lowest BCUT2D eigenvalue weighted by Crippen LogP contribution is -2.36. The molecule has 1 aliphatic heterocycles. The molecule has 1 saturated heterocycles. The van der Waals surface area contributed by atoms with Crippen LogP contribution < -0.4 is 5.32 Å². The number of piperidine rings is 1. The lowest BCUT2D eigenvalue weighted by Gasteiger charge is -2.33. The number of nitrogens with zero attached hydrogens (tertiary/aromatic N) is 1. The fourth-order valence-electron chi connectivity index (χ4n) is 6.62. The Hall–Kier alpha value is -3.24. The Labute approximate surface area is 220 Å². The molecule has 1 amide bonds. The maximum Gasteiger partial charge on any atom is 0.251 e. The van der Waals surface area contributed by atoms with Crippen LogP contribution in [0.25, 0.3) is 0 Å². The van der Waals surface area contributed by atoms with E-state index in [2.05, 4.69) is 64.8 Å². The molecular weight excluding hydrogens is 456 g/mol. The number of likely N-dealkylation sites (tertiary alicyclic amines) is 1. The Balaban J connectivity index is 1.01. The fourth-order valence-corrected chi connectivity index (χ4v) is 6.62. The van der Waals surface area contributed by atoms with Gasteiger partial charge in [0.25, 0.3) is 5.91 Å². The minimum absolute atomic E-state index is 0.0333. The molecule has 0 radical (unpaired) electrons. The summed E-state index contributed by atoms with van der Waals surface area (Å²) in [5, 5.41) is 3.21. The van der Waals surface area contributed by atoms with Crippen molar-refractivity contribution < 1.29 is 9.59 Å². The summed E-state index contributed by atoms with van der Waals surface area (Å²) in [7, 11) is 0. The minimum Gasteiger partial charge on any atom is -0.349 e. The predicted octanol–water partition coefficient (Wildman–Crippen LogP) is 5.60. The van der Waals surface area contributed by atoms with E-state index < -0.39 is 0 Å². The van der Waals surface area contributed by atoms with Crippen LogP contribution in [0.2, 0.25) is 0 Å². The van der Waals surface area contributed by atoms with Gasteiger partial charge in [0, 0.05) is 23.1 Å². The molecule has 0 bridgehead atoms. The van der Waals surface area contributed by atoms with E-state index in [1.54, 1.807) is 0 Å². The summed E-state index contributed by atoms with van der Waals surface area (Å²) in [4.78, 5) is 28.8. The number of Topliss-reactive ketones (excluding diaryl/α,β-unsaturated/α-hetero) is 1. The number of ketones is 1. The third kappa shape index (κ3) is 5.26. The minimum atomic E-state index is -0.0333. The van der Waals surface area contributed by atoms with Crippen molar-refractivity contribution >= 4 is 11.7 Å². The zero-order valence-electron chi connectivity index (χ0n) is 21.5. The molecule has 190 valence electrons. The van der Waals surface area contributed by atoms with Crippen molar-refractivity contribution in [2.24, 2.45) is 5.92 Å². The zero-order chi connectivity index (χ0) is 25.2. The molecule has 37 heavy (non-hydrogen) atoms. The van der Waals surface area contributed by atoms with Gasteiger partial charge in [-0.3, -0.25) is 9.59 Å². The summed E-state index contributed by atoms with van der Waals surface area (Å²) in [6.45, 7) is 3.22. The first kappa shape index (κ1) is 24.1. The highest BCUT2D eigenvalue weighted by Crippen LogP contribution is 2.31. The van der Waals surface area contributed by atoms with E-state index in [1.165, 1.54) is 29.5 Å². The Morgan fingerprint density at radius 2 is 1.54 bits per heavy atom. The molecule has 3 aromatic carbocycles. The van der Waals surface area contributed by atoms with Crippen molar-refractivity contribution in [3.05, 3.63) is 106 Å². The van der Waals surface area contributed by atoms with E-state index in [4.69, 9.17) is 0 Å². The van der Waals surface area contributed by atoms with E-state index in [-0.39, 0.29) is 23.7 Å². The number of nitrogens with one attached hydrogen (secondary N) is 1. The van der Waals surface area contributed by atoms with Gasteiger partial charge in [-0.15, -0.1) is 0 Å². The predicted molar refractivity (Wildman–Crippen MR) is 147 cm³/mol. The molecule has 0 spiro atoms. The van der Waals surface area contributed by atoms with Crippen molar-refractivity contribution in [1.29, 1.82) is 0 Å². The first-order valence-corrected chi connectivity index (χ1v) is 14.0. The van der Waals surface area contributed by atoms with E-state index >= 15 is 0 Å². The second-order valence-corrected chi connectivity index (χ2v) is 11.1. The summed E-state index contributed by atoms with van der Waals surface area (Å²) in [6.07, 6.45) is 6.85. The van der Waals surface area contributed by atoms with Crippen LogP contribution in [0.4, 0.5) is 0 Å². The second-order valence-electron chi connectivity index (χ2n) is 11.1. The normalized spacial score (nSPS) is 20.4. The van der Waals surface area contributed by atoms with Gasteiger partial charge >= 0.3 is 0 Å². The summed E-state index contributed by atoms with van der Waals surface area (Å²) in [6, 6.07) is 25.1. The highest BCUT2D eigenvalue weighted by molar-refractivity contribution is 6.02. The molecule has 1 heterocycles. The molecule has 4 heteroatoms. The standard InChI is InChI=1S/C33H36N2O2/c36-32-25(16-19-35-17-14-24(15-18-35)23-6-2-1-3-7-23)10-11-28-20-29(12-13-31(28)32)33(37)34-30-21-26-8-4-5-9-27(26)22-30/h1-9,12-13,20,24-25,30H,10-11,14-19,21-22H2,(H,34,37). The van der Waals surface area contributed by atoms with Crippen LogP contribution in [0.3, 0.4) is 0 Å². The van der Waals surface area contributed by atoms with Gasteiger partial charge in [-0.1, -0.05) is 60.7 Å². The number of fused-ring (bicyclic) bond motifs is 2. The van der Waals surface area contributed by atoms with Crippen molar-refractivity contribution in [3.8, 4) is 0 Å². The van der Waals surface area contributed by atoms with E-state index in [1.807, 2.05) is 18.2 Å². The van der Waals surface area contributed by atoms with E-state index in [9.17, 15) is 9.59 Å². The smallest absolute Gasteiger partial charge is 0.251 e. The third-order valence-corrected chi connectivity index (χ3v) is 8.80. The first-order valence-electron chi connectivity index (χ1n) is 14.0. The van der Waals surface area contributed by atoms with Gasteiger partial charge in [0.05, 0.1) is 0 Å². The Bertz CT molecular complexity index is 1250. The number of hydrogen-bond acceptors (Lipinski definition) is 3. The Morgan fingerprint density at radius 3 is 2.27 bits per heavy atom. The molecular formula is C33H36N2O2. The van der Waals surface area contributed by atoms with Gasteiger partial charge in [-0.2, -0.15) is 0 Å². The van der Waals surface area contributed by atoms with Crippen LogP contribution in [-0.4, -0.2) is 42.3 Å². The van der Waals surface area contributed by atoms with Crippen molar-refractivity contribution in [1.82, 2.24) is 10.2 Å². The number of amides is 1. The molecule has 1 atom stereocenters. The molecule has 0 aromatic heterocycles. The Kier molecular flexibility index (Phi) is 6.93. The van der Waals surface area contributed by atoms with Gasteiger partial charge in [0.2, 0.25) is 0 Å². The van der Waals surface area contributed by atoms with Crippen molar-refractivity contribution in [2.75, 3.05) is 19.6 Å². The lowest BCUT2D eigenvalue weighted by molar-refractivity contribution is 0.0874. The SMILES string of the molecule is O=C(NC1Cc2ccccc2C1)c1ccc2c(c1)CCC(CCN1CCC(c3ccccc3)CC1)C2=O. The molecule has 3 aromatic rings. The number of hydrogen-bond donors (Lipinski definition) is 1. The van der Waals surface area contributed by atoms with Gasteiger partial charge in [0.15, 0.2) is 5.78 Å². The maximum atomic E-state index is 13.3. The molecule has 3 aliphatic rings. The van der Waals surface area contributed by atoms with Gasteiger partial charge in [-0.05, 0) is 105 Å².